The van der Waals surface area contributed by atoms with Gasteiger partial charge in [0.15, 0.2) is 0 Å². The first-order chi connectivity index (χ1) is 8.74. The Kier molecular flexibility index (Phi) is 4.30. The minimum Gasteiger partial charge on any atom is -0.472 e. The fourth-order valence-electron chi connectivity index (χ4n) is 1.53. The molecule has 1 aromatic carbocycles. The van der Waals surface area contributed by atoms with Gasteiger partial charge in [0.2, 0.25) is 0 Å². The largest absolute Gasteiger partial charge is 0.472 e. The number of ether oxygens (including phenoxy) is 1. The molecule has 0 amide bonds. The molecule has 1 aromatic heterocycles. The van der Waals surface area contributed by atoms with Crippen molar-refractivity contribution in [3.63, 3.8) is 0 Å². The summed E-state index contributed by atoms with van der Waals surface area (Å²) in [5.41, 5.74) is 2.06. The SMILES string of the molecule is FC(F)Oc1ccc(CNCc2ccoc2)cc1. The van der Waals surface area contributed by atoms with Gasteiger partial charge in [0, 0.05) is 18.7 Å². The van der Waals surface area contributed by atoms with Gasteiger partial charge < -0.3 is 14.5 Å². The Labute approximate surface area is 103 Å². The molecule has 3 nitrogen and oxygen atoms in total. The quantitative estimate of drug-likeness (QED) is 0.858. The summed E-state index contributed by atoms with van der Waals surface area (Å²) in [6, 6.07) is 8.44. The Morgan fingerprint density at radius 2 is 1.78 bits per heavy atom. The summed E-state index contributed by atoms with van der Waals surface area (Å²) in [6.07, 6.45) is 3.29. The molecule has 18 heavy (non-hydrogen) atoms. The van der Waals surface area contributed by atoms with Gasteiger partial charge in [0.1, 0.15) is 5.75 Å². The Morgan fingerprint density at radius 3 is 2.39 bits per heavy atom. The van der Waals surface area contributed by atoms with Crippen LogP contribution in [0.15, 0.2) is 47.3 Å². The summed E-state index contributed by atoms with van der Waals surface area (Å²) < 4.78 is 33.1. The number of benzene rings is 1. The summed E-state index contributed by atoms with van der Waals surface area (Å²) in [5.74, 6) is 0.170. The van der Waals surface area contributed by atoms with Gasteiger partial charge in [0.25, 0.3) is 0 Å². The molecule has 2 rings (SSSR count). The van der Waals surface area contributed by atoms with E-state index in [1.165, 1.54) is 12.1 Å². The van der Waals surface area contributed by atoms with Crippen molar-refractivity contribution in [2.45, 2.75) is 19.7 Å². The van der Waals surface area contributed by atoms with Gasteiger partial charge in [-0.1, -0.05) is 12.1 Å². The van der Waals surface area contributed by atoms with Crippen molar-refractivity contribution in [1.29, 1.82) is 0 Å². The molecule has 0 aliphatic heterocycles. The standard InChI is InChI=1S/C13H13F2NO2/c14-13(15)18-12-3-1-10(2-4-12)7-16-8-11-5-6-17-9-11/h1-6,9,13,16H,7-8H2. The zero-order valence-corrected chi connectivity index (χ0v) is 9.61. The minimum atomic E-state index is -2.78. The monoisotopic (exact) mass is 253 g/mol. The molecule has 0 unspecified atom stereocenters. The molecular formula is C13H13F2NO2. The van der Waals surface area contributed by atoms with Crippen molar-refractivity contribution >= 4 is 0 Å². The lowest BCUT2D eigenvalue weighted by atomic mass is 10.2. The topological polar surface area (TPSA) is 34.4 Å². The van der Waals surface area contributed by atoms with Crippen LogP contribution in [-0.2, 0) is 13.1 Å². The smallest absolute Gasteiger partial charge is 0.387 e. The van der Waals surface area contributed by atoms with Gasteiger partial charge in [-0.25, -0.2) is 0 Å². The first kappa shape index (κ1) is 12.6. The van der Waals surface area contributed by atoms with Crippen LogP contribution in [0.1, 0.15) is 11.1 Å². The molecular weight excluding hydrogens is 240 g/mol. The first-order valence-corrected chi connectivity index (χ1v) is 5.49. The van der Waals surface area contributed by atoms with E-state index in [9.17, 15) is 8.78 Å². The van der Waals surface area contributed by atoms with Crippen molar-refractivity contribution in [1.82, 2.24) is 5.32 Å². The van der Waals surface area contributed by atoms with Crippen LogP contribution in [0, 0.1) is 0 Å². The third kappa shape index (κ3) is 3.85. The van der Waals surface area contributed by atoms with Gasteiger partial charge in [-0.2, -0.15) is 8.78 Å². The molecule has 5 heteroatoms. The zero-order valence-electron chi connectivity index (χ0n) is 9.61. The maximum absolute atomic E-state index is 11.9. The fourth-order valence-corrected chi connectivity index (χ4v) is 1.53. The molecule has 0 atom stereocenters. The molecule has 1 heterocycles. The lowest BCUT2D eigenvalue weighted by Crippen LogP contribution is -2.12. The van der Waals surface area contributed by atoms with E-state index in [-0.39, 0.29) is 5.75 Å². The highest BCUT2D eigenvalue weighted by Gasteiger charge is 2.03. The van der Waals surface area contributed by atoms with Crippen LogP contribution < -0.4 is 10.1 Å². The van der Waals surface area contributed by atoms with Crippen molar-refractivity contribution in [3.05, 3.63) is 54.0 Å². The first-order valence-electron chi connectivity index (χ1n) is 5.49. The summed E-state index contributed by atoms with van der Waals surface area (Å²) >= 11 is 0. The molecule has 0 aliphatic rings. The van der Waals surface area contributed by atoms with E-state index < -0.39 is 6.61 Å². The van der Waals surface area contributed by atoms with Gasteiger partial charge >= 0.3 is 6.61 Å². The van der Waals surface area contributed by atoms with Crippen molar-refractivity contribution in [2.24, 2.45) is 0 Å². The highest BCUT2D eigenvalue weighted by Crippen LogP contribution is 2.14. The number of alkyl halides is 2. The number of hydrogen-bond donors (Lipinski definition) is 1. The summed E-state index contributed by atoms with van der Waals surface area (Å²) in [4.78, 5) is 0. The van der Waals surface area contributed by atoms with E-state index in [0.717, 1.165) is 11.1 Å². The Hall–Kier alpha value is -1.88. The number of hydrogen-bond acceptors (Lipinski definition) is 3. The second-order valence-electron chi connectivity index (χ2n) is 3.76. The lowest BCUT2D eigenvalue weighted by molar-refractivity contribution is -0.0498. The van der Waals surface area contributed by atoms with Crippen molar-refractivity contribution in [3.8, 4) is 5.75 Å². The van der Waals surface area contributed by atoms with Gasteiger partial charge in [-0.05, 0) is 23.8 Å². The van der Waals surface area contributed by atoms with Crippen LogP contribution in [0.25, 0.3) is 0 Å². The van der Waals surface area contributed by atoms with Crippen LogP contribution >= 0.6 is 0 Å². The molecule has 1 N–H and O–H groups in total. The van der Waals surface area contributed by atoms with E-state index >= 15 is 0 Å². The summed E-state index contributed by atoms with van der Waals surface area (Å²) in [6.45, 7) is -1.43. The molecule has 2 aromatic rings. The van der Waals surface area contributed by atoms with E-state index in [0.29, 0.717) is 13.1 Å². The summed E-state index contributed by atoms with van der Waals surface area (Å²) in [5, 5.41) is 3.22. The molecule has 0 aliphatic carbocycles. The van der Waals surface area contributed by atoms with Crippen LogP contribution in [0.4, 0.5) is 8.78 Å². The van der Waals surface area contributed by atoms with Crippen LogP contribution in [-0.4, -0.2) is 6.61 Å². The molecule has 0 bridgehead atoms. The van der Waals surface area contributed by atoms with Gasteiger partial charge in [-0.15, -0.1) is 0 Å². The molecule has 0 saturated heterocycles. The van der Waals surface area contributed by atoms with E-state index in [1.54, 1.807) is 24.7 Å². The predicted molar refractivity (Wildman–Crippen MR) is 62.3 cm³/mol. The van der Waals surface area contributed by atoms with Gasteiger partial charge in [-0.3, -0.25) is 0 Å². The molecule has 96 valence electrons. The highest BCUT2D eigenvalue weighted by molar-refractivity contribution is 5.27. The third-order valence-corrected chi connectivity index (χ3v) is 2.39. The number of rotatable bonds is 6. The number of halogens is 2. The maximum Gasteiger partial charge on any atom is 0.387 e. The molecule has 0 fully saturated rings. The van der Waals surface area contributed by atoms with Crippen LogP contribution in [0.5, 0.6) is 5.75 Å². The normalized spacial score (nSPS) is 10.8. The average Bonchev–Trinajstić information content (AvgIpc) is 2.84. The second-order valence-corrected chi connectivity index (χ2v) is 3.76. The molecule has 0 saturated carbocycles. The number of furan rings is 1. The van der Waals surface area contributed by atoms with E-state index in [4.69, 9.17) is 4.42 Å². The van der Waals surface area contributed by atoms with E-state index in [1.807, 2.05) is 6.07 Å². The minimum absolute atomic E-state index is 0.170. The number of nitrogens with one attached hydrogen (secondary N) is 1. The van der Waals surface area contributed by atoms with Crippen LogP contribution in [0.2, 0.25) is 0 Å². The maximum atomic E-state index is 11.9. The average molecular weight is 253 g/mol. The third-order valence-electron chi connectivity index (χ3n) is 2.39. The van der Waals surface area contributed by atoms with Gasteiger partial charge in [0.05, 0.1) is 12.5 Å². The summed E-state index contributed by atoms with van der Waals surface area (Å²) in [7, 11) is 0. The Morgan fingerprint density at radius 1 is 1.06 bits per heavy atom. The Bertz CT molecular complexity index is 454. The fraction of sp³-hybridized carbons (Fsp3) is 0.231. The molecule has 0 radical (unpaired) electrons. The zero-order chi connectivity index (χ0) is 12.8. The Balaban J connectivity index is 1.79. The highest BCUT2D eigenvalue weighted by atomic mass is 19.3. The van der Waals surface area contributed by atoms with E-state index in [2.05, 4.69) is 10.1 Å². The van der Waals surface area contributed by atoms with Crippen molar-refractivity contribution in [2.75, 3.05) is 0 Å². The second kappa shape index (κ2) is 6.16. The molecule has 0 spiro atoms. The van der Waals surface area contributed by atoms with Crippen molar-refractivity contribution < 1.29 is 17.9 Å². The predicted octanol–water partition coefficient (Wildman–Crippen LogP) is 3.17. The lowest BCUT2D eigenvalue weighted by Gasteiger charge is -2.06. The van der Waals surface area contributed by atoms with Crippen LogP contribution in [0.3, 0.4) is 0 Å².